The van der Waals surface area contributed by atoms with Gasteiger partial charge in [-0.1, -0.05) is 50.6 Å². The highest BCUT2D eigenvalue weighted by Crippen LogP contribution is 2.31. The molecule has 2 aromatic rings. The Bertz CT molecular complexity index is 708. The van der Waals surface area contributed by atoms with E-state index in [0.717, 1.165) is 36.2 Å². The van der Waals surface area contributed by atoms with E-state index in [0.29, 0.717) is 11.0 Å². The first-order valence-electron chi connectivity index (χ1n) is 8.08. The highest BCUT2D eigenvalue weighted by Gasteiger charge is 2.08. The smallest absolute Gasteiger partial charge is 0.198 e. The number of nitrogens with two attached hydrogens (primary N) is 1. The third-order valence-electron chi connectivity index (χ3n) is 3.83. The Morgan fingerprint density at radius 2 is 1.78 bits per heavy atom. The van der Waals surface area contributed by atoms with E-state index in [2.05, 4.69) is 49.3 Å². The minimum Gasteiger partial charge on any atom is -0.369 e. The molecule has 0 aromatic heterocycles. The Morgan fingerprint density at radius 3 is 2.43 bits per heavy atom. The highest BCUT2D eigenvalue weighted by atomic mass is 35.5. The molecule has 2 aromatic carbocycles. The van der Waals surface area contributed by atoms with E-state index >= 15 is 0 Å². The van der Waals surface area contributed by atoms with E-state index in [-0.39, 0.29) is 0 Å². The molecule has 0 aliphatic carbocycles. The van der Waals surface area contributed by atoms with Crippen LogP contribution in [0.1, 0.15) is 37.5 Å². The van der Waals surface area contributed by atoms with E-state index in [9.17, 15) is 0 Å². The van der Waals surface area contributed by atoms with Gasteiger partial charge in [-0.15, -0.1) is 0 Å². The van der Waals surface area contributed by atoms with Crippen LogP contribution in [0.3, 0.4) is 0 Å². The maximum absolute atomic E-state index is 6.44. The summed E-state index contributed by atoms with van der Waals surface area (Å²) >= 11 is 6.44. The number of rotatable bonds is 5. The Labute approximate surface area is 143 Å². The van der Waals surface area contributed by atoms with E-state index in [1.54, 1.807) is 0 Å². The summed E-state index contributed by atoms with van der Waals surface area (Å²) < 4.78 is 0. The van der Waals surface area contributed by atoms with Crippen molar-refractivity contribution in [2.24, 2.45) is 10.7 Å². The van der Waals surface area contributed by atoms with Crippen molar-refractivity contribution < 1.29 is 0 Å². The van der Waals surface area contributed by atoms with Gasteiger partial charge in [-0.2, -0.15) is 0 Å². The molecular formula is C19H24ClN3. The molecule has 2 rings (SSSR count). The largest absolute Gasteiger partial charge is 0.369 e. The number of nitrogens with zero attached hydrogens (tertiary/aromatic N) is 1. The van der Waals surface area contributed by atoms with Gasteiger partial charge in [0.05, 0.1) is 10.7 Å². The van der Waals surface area contributed by atoms with Gasteiger partial charge >= 0.3 is 0 Å². The molecule has 0 aliphatic heterocycles. The average Bonchev–Trinajstić information content (AvgIpc) is 2.56. The molecule has 3 nitrogen and oxygen atoms in total. The zero-order chi connectivity index (χ0) is 16.8. The maximum atomic E-state index is 6.44. The molecule has 0 amide bonds. The molecule has 0 heterocycles. The Kier molecular flexibility index (Phi) is 6.05. The maximum Gasteiger partial charge on any atom is 0.198 e. The molecular weight excluding hydrogens is 306 g/mol. The molecule has 0 fully saturated rings. The van der Waals surface area contributed by atoms with Gasteiger partial charge in [0.15, 0.2) is 5.96 Å². The lowest BCUT2D eigenvalue weighted by atomic mass is 10.1. The fraction of sp³-hybridized carbons (Fsp3) is 0.316. The predicted molar refractivity (Wildman–Crippen MR) is 101 cm³/mol. The van der Waals surface area contributed by atoms with E-state index in [1.807, 2.05) is 18.2 Å². The number of benzene rings is 2. The average molecular weight is 330 g/mol. The fourth-order valence-electron chi connectivity index (χ4n) is 2.45. The van der Waals surface area contributed by atoms with Crippen LogP contribution < -0.4 is 11.1 Å². The summed E-state index contributed by atoms with van der Waals surface area (Å²) in [7, 11) is 0. The molecule has 0 bridgehead atoms. The first-order chi connectivity index (χ1) is 11.1. The number of aryl methyl sites for hydroxylation is 3. The number of guanidine groups is 1. The zero-order valence-electron chi connectivity index (χ0n) is 14.0. The van der Waals surface area contributed by atoms with Crippen molar-refractivity contribution in [3.05, 3.63) is 58.1 Å². The summed E-state index contributed by atoms with van der Waals surface area (Å²) in [6.07, 6.45) is 2.80. The molecule has 0 aliphatic rings. The summed E-state index contributed by atoms with van der Waals surface area (Å²) in [6.45, 7) is 6.33. The molecule has 0 unspecified atom stereocenters. The van der Waals surface area contributed by atoms with Gasteiger partial charge in [0.2, 0.25) is 0 Å². The third kappa shape index (κ3) is 4.49. The van der Waals surface area contributed by atoms with Crippen molar-refractivity contribution in [2.75, 3.05) is 5.32 Å². The molecule has 0 saturated carbocycles. The molecule has 4 heteroatoms. The minimum absolute atomic E-state index is 0.343. The second kappa shape index (κ2) is 8.02. The highest BCUT2D eigenvalue weighted by molar-refractivity contribution is 6.34. The predicted octanol–water partition coefficient (Wildman–Crippen LogP) is 5.09. The van der Waals surface area contributed by atoms with Gasteiger partial charge in [-0.3, -0.25) is 0 Å². The summed E-state index contributed by atoms with van der Waals surface area (Å²) in [5.74, 6) is 0.343. The number of aliphatic imine (C=N–C) groups is 1. The van der Waals surface area contributed by atoms with Crippen molar-refractivity contribution in [1.29, 1.82) is 0 Å². The van der Waals surface area contributed by atoms with Crippen LogP contribution in [-0.4, -0.2) is 5.96 Å². The van der Waals surface area contributed by atoms with Crippen LogP contribution in [0.4, 0.5) is 11.4 Å². The Morgan fingerprint density at radius 1 is 1.04 bits per heavy atom. The fourth-order valence-corrected chi connectivity index (χ4v) is 2.73. The number of anilines is 1. The first-order valence-corrected chi connectivity index (χ1v) is 8.46. The molecule has 122 valence electrons. The van der Waals surface area contributed by atoms with Crippen molar-refractivity contribution >= 4 is 28.9 Å². The first kappa shape index (κ1) is 17.4. The second-order valence-electron chi connectivity index (χ2n) is 5.47. The molecule has 0 saturated heterocycles. The van der Waals surface area contributed by atoms with Crippen LogP contribution >= 0.6 is 11.6 Å². The Balaban J connectivity index is 2.29. The van der Waals surface area contributed by atoms with Gasteiger partial charge in [-0.05, 0) is 54.2 Å². The lowest BCUT2D eigenvalue weighted by Gasteiger charge is -2.10. The normalized spacial score (nSPS) is 11.6. The minimum atomic E-state index is 0.343. The van der Waals surface area contributed by atoms with Crippen molar-refractivity contribution in [1.82, 2.24) is 0 Å². The van der Waals surface area contributed by atoms with Gasteiger partial charge < -0.3 is 11.1 Å². The summed E-state index contributed by atoms with van der Waals surface area (Å²) in [6, 6.07) is 12.3. The lowest BCUT2D eigenvalue weighted by Crippen LogP contribution is -2.22. The monoisotopic (exact) mass is 329 g/mol. The van der Waals surface area contributed by atoms with Crippen LogP contribution in [-0.2, 0) is 19.3 Å². The number of nitrogens with one attached hydrogen (secondary N) is 1. The topological polar surface area (TPSA) is 50.4 Å². The molecule has 0 atom stereocenters. The summed E-state index contributed by atoms with van der Waals surface area (Å²) in [5.41, 5.74) is 11.3. The van der Waals surface area contributed by atoms with Crippen molar-refractivity contribution in [3.63, 3.8) is 0 Å². The Hall–Kier alpha value is -2.00. The van der Waals surface area contributed by atoms with Crippen molar-refractivity contribution in [2.45, 2.75) is 40.0 Å². The van der Waals surface area contributed by atoms with Gasteiger partial charge in [-0.25, -0.2) is 4.99 Å². The summed E-state index contributed by atoms with van der Waals surface area (Å²) in [5, 5.41) is 3.81. The SMILES string of the molecule is CCc1cccc(NC(N)=Nc2cc(CC)cc(CC)c2Cl)c1. The van der Waals surface area contributed by atoms with Crippen LogP contribution in [0, 0.1) is 0 Å². The zero-order valence-corrected chi connectivity index (χ0v) is 14.7. The molecule has 0 radical (unpaired) electrons. The van der Waals surface area contributed by atoms with E-state index in [4.69, 9.17) is 17.3 Å². The molecule has 3 N–H and O–H groups in total. The van der Waals surface area contributed by atoms with Gasteiger partial charge in [0.1, 0.15) is 0 Å². The van der Waals surface area contributed by atoms with Crippen LogP contribution in [0.25, 0.3) is 0 Å². The standard InChI is InChI=1S/C19H24ClN3/c1-4-13-8-7-9-16(11-13)22-19(21)23-17-12-14(5-2)10-15(6-3)18(17)20/h7-12H,4-6H2,1-3H3,(H3,21,22,23). The van der Waals surface area contributed by atoms with Crippen LogP contribution in [0.15, 0.2) is 41.4 Å². The number of halogens is 1. The molecule has 23 heavy (non-hydrogen) atoms. The number of hydrogen-bond donors (Lipinski definition) is 2. The third-order valence-corrected chi connectivity index (χ3v) is 4.26. The van der Waals surface area contributed by atoms with E-state index in [1.165, 1.54) is 11.1 Å². The lowest BCUT2D eigenvalue weighted by molar-refractivity contribution is 1.08. The second-order valence-corrected chi connectivity index (χ2v) is 5.85. The summed E-state index contributed by atoms with van der Waals surface area (Å²) in [4.78, 5) is 4.48. The van der Waals surface area contributed by atoms with Crippen LogP contribution in [0.2, 0.25) is 5.02 Å². The van der Waals surface area contributed by atoms with Crippen LogP contribution in [0.5, 0.6) is 0 Å². The molecule has 0 spiro atoms. The van der Waals surface area contributed by atoms with Crippen molar-refractivity contribution in [3.8, 4) is 0 Å². The number of hydrogen-bond acceptors (Lipinski definition) is 1. The van der Waals surface area contributed by atoms with E-state index < -0.39 is 0 Å². The quantitative estimate of drug-likeness (QED) is 0.593. The van der Waals surface area contributed by atoms with Gasteiger partial charge in [0.25, 0.3) is 0 Å². The van der Waals surface area contributed by atoms with Gasteiger partial charge in [0, 0.05) is 5.69 Å².